The molecule has 0 bridgehead atoms. The van der Waals surface area contributed by atoms with Gasteiger partial charge in [0.15, 0.2) is 16.7 Å². The molecule has 2 heterocycles. The van der Waals surface area contributed by atoms with Crippen LogP contribution in [0.5, 0.6) is 17.2 Å². The van der Waals surface area contributed by atoms with Gasteiger partial charge in [0.25, 0.3) is 0 Å². The number of nitrogens with zero attached hydrogens (tertiary/aromatic N) is 2. The number of hydrogen-bond donors (Lipinski definition) is 1. The summed E-state index contributed by atoms with van der Waals surface area (Å²) in [6, 6.07) is 18.2. The Bertz CT molecular complexity index is 1350. The molecule has 1 fully saturated rings. The van der Waals surface area contributed by atoms with Gasteiger partial charge in [0, 0.05) is 18.2 Å². The zero-order valence-electron chi connectivity index (χ0n) is 20.0. The normalized spacial score (nSPS) is 17.7. The molecule has 1 N–H and O–H groups in total. The predicted molar refractivity (Wildman–Crippen MR) is 139 cm³/mol. The molecule has 2 aliphatic rings. The third-order valence-electron chi connectivity index (χ3n) is 5.67. The van der Waals surface area contributed by atoms with Crippen molar-refractivity contribution in [3.05, 3.63) is 78.1 Å². The number of hydrogen-bond acceptors (Lipinski definition) is 7. The third-order valence-corrected chi connectivity index (χ3v) is 6.86. The number of halogens is 1. The fourth-order valence-corrected chi connectivity index (χ4v) is 5.00. The second-order valence-corrected chi connectivity index (χ2v) is 9.47. The Morgan fingerprint density at radius 2 is 1.95 bits per heavy atom. The van der Waals surface area contributed by atoms with Crippen LogP contribution in [0.15, 0.2) is 71.7 Å². The highest BCUT2D eigenvalue weighted by Gasteiger charge is 2.36. The van der Waals surface area contributed by atoms with Crippen molar-refractivity contribution in [2.24, 2.45) is 4.99 Å². The van der Waals surface area contributed by atoms with Crippen molar-refractivity contribution < 1.29 is 28.2 Å². The second kappa shape index (κ2) is 10.9. The van der Waals surface area contributed by atoms with Gasteiger partial charge in [-0.1, -0.05) is 23.9 Å². The molecule has 2 amide bonds. The number of amidine groups is 1. The Morgan fingerprint density at radius 3 is 2.76 bits per heavy atom. The molecule has 0 aromatic heterocycles. The maximum Gasteiger partial charge on any atom is 0.238 e. The van der Waals surface area contributed by atoms with Crippen molar-refractivity contribution in [1.29, 1.82) is 0 Å². The van der Waals surface area contributed by atoms with Crippen LogP contribution in [0.2, 0.25) is 0 Å². The maximum absolute atomic E-state index is 13.5. The minimum absolute atomic E-state index is 0.00532. The fraction of sp³-hybridized carbons (Fsp3) is 0.222. The van der Waals surface area contributed by atoms with Gasteiger partial charge in [-0.15, -0.1) is 0 Å². The minimum Gasteiger partial charge on any atom is -0.494 e. The largest absolute Gasteiger partial charge is 0.494 e. The Balaban J connectivity index is 1.38. The molecule has 0 saturated carbocycles. The molecule has 1 unspecified atom stereocenters. The topological polar surface area (TPSA) is 89.5 Å². The number of amides is 2. The number of nitrogens with one attached hydrogen (secondary N) is 1. The Morgan fingerprint density at radius 1 is 1.14 bits per heavy atom. The van der Waals surface area contributed by atoms with Crippen LogP contribution >= 0.6 is 11.8 Å². The highest BCUT2D eigenvalue weighted by atomic mass is 32.2. The number of thioether (sulfide) groups is 1. The molecular formula is C27H24FN3O5S. The van der Waals surface area contributed by atoms with Crippen molar-refractivity contribution >= 4 is 40.1 Å². The van der Waals surface area contributed by atoms with E-state index in [0.717, 1.165) is 5.56 Å². The Hall–Kier alpha value is -4.05. The molecule has 5 rings (SSSR count). The number of aliphatic imine (C=N–C) groups is 1. The quantitative estimate of drug-likeness (QED) is 0.465. The van der Waals surface area contributed by atoms with Crippen LogP contribution in [0.25, 0.3) is 0 Å². The van der Waals surface area contributed by atoms with Crippen molar-refractivity contribution in [3.8, 4) is 17.2 Å². The first-order valence-corrected chi connectivity index (χ1v) is 12.6. The van der Waals surface area contributed by atoms with Crippen LogP contribution in [-0.4, -0.2) is 40.5 Å². The lowest BCUT2D eigenvalue weighted by Crippen LogP contribution is -2.44. The van der Waals surface area contributed by atoms with E-state index in [1.165, 1.54) is 40.9 Å². The number of rotatable bonds is 7. The smallest absolute Gasteiger partial charge is 0.238 e. The molecule has 0 radical (unpaired) electrons. The standard InChI is InChI=1S/C27H24FN3O5S/c1-2-34-21-5-3-4-20(13-21)29-26(33)24-14-25(32)31(15-17-6-11-22-23(12-17)36-16-35-22)27(37-24)30-19-9-7-18(28)8-10-19/h3-13,24H,2,14-16H2,1H3,(H,29,33). The van der Waals surface area contributed by atoms with Gasteiger partial charge >= 0.3 is 0 Å². The average Bonchev–Trinajstić information content (AvgIpc) is 3.36. The zero-order valence-corrected chi connectivity index (χ0v) is 20.8. The molecule has 0 spiro atoms. The lowest BCUT2D eigenvalue weighted by molar-refractivity contribution is -0.129. The first-order valence-electron chi connectivity index (χ1n) is 11.7. The number of fused-ring (bicyclic) bond motifs is 1. The molecular weight excluding hydrogens is 497 g/mol. The number of carbonyl (C=O) groups excluding carboxylic acids is 2. The van der Waals surface area contributed by atoms with E-state index in [1.54, 1.807) is 30.3 Å². The van der Waals surface area contributed by atoms with E-state index in [4.69, 9.17) is 14.2 Å². The third kappa shape index (κ3) is 5.86. The molecule has 2 aliphatic heterocycles. The summed E-state index contributed by atoms with van der Waals surface area (Å²) in [7, 11) is 0. The summed E-state index contributed by atoms with van der Waals surface area (Å²) in [4.78, 5) is 32.6. The van der Waals surface area contributed by atoms with Crippen LogP contribution in [-0.2, 0) is 16.1 Å². The summed E-state index contributed by atoms with van der Waals surface area (Å²) in [5.74, 6) is 0.940. The Labute approximate surface area is 217 Å². The van der Waals surface area contributed by atoms with Gasteiger partial charge in [-0.25, -0.2) is 9.38 Å². The van der Waals surface area contributed by atoms with Gasteiger partial charge < -0.3 is 19.5 Å². The van der Waals surface area contributed by atoms with Crippen molar-refractivity contribution in [2.45, 2.75) is 25.1 Å². The number of carbonyl (C=O) groups is 2. The van der Waals surface area contributed by atoms with Gasteiger partial charge in [-0.3, -0.25) is 14.5 Å². The van der Waals surface area contributed by atoms with E-state index in [9.17, 15) is 14.0 Å². The van der Waals surface area contributed by atoms with Crippen LogP contribution in [0.3, 0.4) is 0 Å². The van der Waals surface area contributed by atoms with Crippen molar-refractivity contribution in [1.82, 2.24) is 4.90 Å². The number of benzene rings is 3. The zero-order chi connectivity index (χ0) is 25.8. The van der Waals surface area contributed by atoms with Crippen molar-refractivity contribution in [2.75, 3.05) is 18.7 Å². The molecule has 190 valence electrons. The van der Waals surface area contributed by atoms with E-state index in [2.05, 4.69) is 10.3 Å². The van der Waals surface area contributed by atoms with Crippen LogP contribution in [0.4, 0.5) is 15.8 Å². The van der Waals surface area contributed by atoms with E-state index < -0.39 is 5.25 Å². The Kier molecular flexibility index (Phi) is 7.27. The molecule has 37 heavy (non-hydrogen) atoms. The molecule has 1 saturated heterocycles. The summed E-state index contributed by atoms with van der Waals surface area (Å²) in [5.41, 5.74) is 1.86. The van der Waals surface area contributed by atoms with E-state index in [1.807, 2.05) is 19.1 Å². The molecule has 0 aliphatic carbocycles. The van der Waals surface area contributed by atoms with Gasteiger partial charge in [0.2, 0.25) is 18.6 Å². The van der Waals surface area contributed by atoms with Crippen LogP contribution in [0.1, 0.15) is 18.9 Å². The molecule has 3 aromatic rings. The highest BCUT2D eigenvalue weighted by molar-refractivity contribution is 8.15. The van der Waals surface area contributed by atoms with E-state index >= 15 is 0 Å². The monoisotopic (exact) mass is 521 g/mol. The van der Waals surface area contributed by atoms with Gasteiger partial charge in [-0.05, 0) is 61.0 Å². The predicted octanol–water partition coefficient (Wildman–Crippen LogP) is 5.11. The summed E-state index contributed by atoms with van der Waals surface area (Å²) in [5, 5.41) is 2.52. The first-order chi connectivity index (χ1) is 18.0. The highest BCUT2D eigenvalue weighted by Crippen LogP contribution is 2.35. The lowest BCUT2D eigenvalue weighted by atomic mass is 10.1. The van der Waals surface area contributed by atoms with Gasteiger partial charge in [0.1, 0.15) is 16.8 Å². The molecule has 8 nitrogen and oxygen atoms in total. The molecule has 1 atom stereocenters. The van der Waals surface area contributed by atoms with Crippen molar-refractivity contribution in [3.63, 3.8) is 0 Å². The maximum atomic E-state index is 13.5. The van der Waals surface area contributed by atoms with Crippen LogP contribution in [0, 0.1) is 5.82 Å². The van der Waals surface area contributed by atoms with E-state index in [-0.39, 0.29) is 37.4 Å². The summed E-state index contributed by atoms with van der Waals surface area (Å²) in [6.07, 6.45) is -0.00532. The lowest BCUT2D eigenvalue weighted by Gasteiger charge is -2.32. The summed E-state index contributed by atoms with van der Waals surface area (Å²) >= 11 is 1.19. The first kappa shape index (κ1) is 24.6. The summed E-state index contributed by atoms with van der Waals surface area (Å²) in [6.45, 7) is 2.77. The van der Waals surface area contributed by atoms with Gasteiger partial charge in [0.05, 0.1) is 18.8 Å². The van der Waals surface area contributed by atoms with Gasteiger partial charge in [-0.2, -0.15) is 0 Å². The minimum atomic E-state index is -0.699. The fourth-order valence-electron chi connectivity index (χ4n) is 3.90. The van der Waals surface area contributed by atoms with E-state index in [0.29, 0.717) is 40.4 Å². The number of anilines is 1. The number of ether oxygens (including phenoxy) is 3. The second-order valence-electron chi connectivity index (χ2n) is 8.30. The summed E-state index contributed by atoms with van der Waals surface area (Å²) < 4.78 is 29.8. The molecule has 3 aromatic carbocycles. The molecule has 10 heteroatoms. The van der Waals surface area contributed by atoms with Crippen LogP contribution < -0.4 is 19.5 Å². The average molecular weight is 522 g/mol. The SMILES string of the molecule is CCOc1cccc(NC(=O)C2CC(=O)N(Cc3ccc4c(c3)OCO4)C(=Nc3ccc(F)cc3)S2)c1.